The number of thiazole rings is 1. The van der Waals surface area contributed by atoms with Crippen molar-refractivity contribution in [3.8, 4) is 5.13 Å². The predicted octanol–water partition coefficient (Wildman–Crippen LogP) is 4.40. The zero-order valence-corrected chi connectivity index (χ0v) is 16.1. The van der Waals surface area contributed by atoms with Crippen molar-refractivity contribution in [1.82, 2.24) is 14.8 Å². The van der Waals surface area contributed by atoms with Crippen LogP contribution in [0.5, 0.6) is 0 Å². The van der Waals surface area contributed by atoms with Crippen LogP contribution in [0, 0.1) is 27.7 Å². The van der Waals surface area contributed by atoms with E-state index < -0.39 is 0 Å². The van der Waals surface area contributed by atoms with Crippen LogP contribution >= 0.6 is 22.9 Å². The van der Waals surface area contributed by atoms with Gasteiger partial charge < -0.3 is 5.32 Å². The second-order valence-corrected chi connectivity index (χ2v) is 7.20. The maximum absolute atomic E-state index is 12.3. The average Bonchev–Trinajstić information content (AvgIpc) is 3.12. The number of nitrogens with zero attached hydrogens (tertiary/aromatic N) is 3. The molecule has 0 spiro atoms. The Kier molecular flexibility index (Phi) is 4.92. The topological polar surface area (TPSA) is 59.8 Å². The molecule has 0 atom stereocenters. The van der Waals surface area contributed by atoms with E-state index in [9.17, 15) is 4.79 Å². The van der Waals surface area contributed by atoms with Gasteiger partial charge in [-0.15, -0.1) is 11.3 Å². The molecular formula is C18H19ClN4OS. The monoisotopic (exact) mass is 374 g/mol. The molecule has 3 rings (SSSR count). The molecule has 1 N–H and O–H groups in total. The molecule has 3 aromatic rings. The van der Waals surface area contributed by atoms with Crippen molar-refractivity contribution in [3.05, 3.63) is 56.8 Å². The van der Waals surface area contributed by atoms with Crippen LogP contribution in [0.15, 0.2) is 23.6 Å². The molecular weight excluding hydrogens is 356 g/mol. The quantitative estimate of drug-likeness (QED) is 0.736. The highest BCUT2D eigenvalue weighted by Crippen LogP contribution is 2.24. The predicted molar refractivity (Wildman–Crippen MR) is 102 cm³/mol. The first-order valence-corrected chi connectivity index (χ1v) is 9.15. The normalized spacial score (nSPS) is 10.9. The lowest BCUT2D eigenvalue weighted by Gasteiger charge is -2.09. The molecule has 0 saturated heterocycles. The highest BCUT2D eigenvalue weighted by atomic mass is 35.5. The summed E-state index contributed by atoms with van der Waals surface area (Å²) in [7, 11) is 0. The molecule has 0 aliphatic heterocycles. The summed E-state index contributed by atoms with van der Waals surface area (Å²) in [5, 5.41) is 10.6. The second-order valence-electron chi connectivity index (χ2n) is 5.99. The van der Waals surface area contributed by atoms with Crippen LogP contribution in [0.4, 0.5) is 5.69 Å². The third-order valence-corrected chi connectivity index (χ3v) is 5.56. The molecule has 0 fully saturated rings. The first kappa shape index (κ1) is 17.6. The smallest absolute Gasteiger partial charge is 0.230 e. The Morgan fingerprint density at radius 2 is 2.04 bits per heavy atom. The lowest BCUT2D eigenvalue weighted by atomic mass is 10.1. The molecule has 5 nitrogen and oxygen atoms in total. The fraction of sp³-hybridized carbons (Fsp3) is 0.278. The van der Waals surface area contributed by atoms with E-state index in [0.29, 0.717) is 15.8 Å². The fourth-order valence-corrected chi connectivity index (χ4v) is 3.47. The summed E-state index contributed by atoms with van der Waals surface area (Å²) >= 11 is 7.63. The number of anilines is 1. The number of benzene rings is 1. The Morgan fingerprint density at radius 1 is 1.28 bits per heavy atom. The van der Waals surface area contributed by atoms with Gasteiger partial charge in [0.15, 0.2) is 0 Å². The summed E-state index contributed by atoms with van der Waals surface area (Å²) in [4.78, 5) is 16.8. The Bertz CT molecular complexity index is 945. The lowest BCUT2D eigenvalue weighted by Crippen LogP contribution is -2.15. The number of aromatic nitrogens is 3. The number of hydrogen-bond donors (Lipinski definition) is 1. The van der Waals surface area contributed by atoms with Gasteiger partial charge >= 0.3 is 0 Å². The van der Waals surface area contributed by atoms with Crippen molar-refractivity contribution in [2.45, 2.75) is 34.1 Å². The van der Waals surface area contributed by atoms with Crippen molar-refractivity contribution >= 4 is 34.5 Å². The molecule has 0 unspecified atom stereocenters. The van der Waals surface area contributed by atoms with Crippen molar-refractivity contribution < 1.29 is 4.79 Å². The van der Waals surface area contributed by atoms with E-state index in [0.717, 1.165) is 28.2 Å². The molecule has 0 bridgehead atoms. The SMILES string of the molecule is Cc1cccc(NC(=O)Cc2csc(-n3nc(C)c(Cl)c3C)n2)c1C. The molecule has 25 heavy (non-hydrogen) atoms. The van der Waals surface area contributed by atoms with Gasteiger partial charge in [-0.25, -0.2) is 9.67 Å². The number of nitrogens with one attached hydrogen (secondary N) is 1. The van der Waals surface area contributed by atoms with Crippen LogP contribution < -0.4 is 5.32 Å². The van der Waals surface area contributed by atoms with Gasteiger partial charge in [0.25, 0.3) is 0 Å². The number of rotatable bonds is 4. The molecule has 1 amide bonds. The Hall–Kier alpha value is -2.18. The van der Waals surface area contributed by atoms with Crippen molar-refractivity contribution in [2.24, 2.45) is 0 Å². The highest BCUT2D eigenvalue weighted by Gasteiger charge is 2.15. The minimum atomic E-state index is -0.0862. The van der Waals surface area contributed by atoms with Crippen LogP contribution in [0.25, 0.3) is 5.13 Å². The third kappa shape index (κ3) is 3.60. The van der Waals surface area contributed by atoms with E-state index in [1.54, 1.807) is 4.68 Å². The minimum Gasteiger partial charge on any atom is -0.325 e. The zero-order chi connectivity index (χ0) is 18.1. The van der Waals surface area contributed by atoms with Crippen LogP contribution in [0.2, 0.25) is 5.02 Å². The summed E-state index contributed by atoms with van der Waals surface area (Å²) in [6, 6.07) is 5.87. The van der Waals surface area contributed by atoms with Gasteiger partial charge in [0.2, 0.25) is 11.0 Å². The Labute approximate surface area is 155 Å². The minimum absolute atomic E-state index is 0.0862. The highest BCUT2D eigenvalue weighted by molar-refractivity contribution is 7.12. The van der Waals surface area contributed by atoms with Gasteiger partial charge in [-0.1, -0.05) is 23.7 Å². The van der Waals surface area contributed by atoms with Gasteiger partial charge in [-0.05, 0) is 44.9 Å². The summed E-state index contributed by atoms with van der Waals surface area (Å²) in [6.45, 7) is 7.78. The van der Waals surface area contributed by atoms with E-state index in [1.165, 1.54) is 11.3 Å². The number of carbonyl (C=O) groups excluding carboxylic acids is 1. The van der Waals surface area contributed by atoms with E-state index >= 15 is 0 Å². The lowest BCUT2D eigenvalue weighted by molar-refractivity contribution is -0.115. The Balaban J connectivity index is 1.74. The third-order valence-electron chi connectivity index (χ3n) is 4.14. The van der Waals surface area contributed by atoms with E-state index in [1.807, 2.05) is 51.3 Å². The molecule has 7 heteroatoms. The standard InChI is InChI=1S/C18H19ClN4OS/c1-10-6-5-7-15(11(10)2)21-16(24)8-14-9-25-18(20-14)23-13(4)17(19)12(3)22-23/h5-7,9H,8H2,1-4H3,(H,21,24). The molecule has 0 radical (unpaired) electrons. The van der Waals surface area contributed by atoms with E-state index in [2.05, 4.69) is 15.4 Å². The van der Waals surface area contributed by atoms with Gasteiger partial charge in [-0.3, -0.25) is 4.79 Å². The molecule has 0 aliphatic carbocycles. The van der Waals surface area contributed by atoms with Crippen LogP contribution in [0.1, 0.15) is 28.2 Å². The van der Waals surface area contributed by atoms with Crippen molar-refractivity contribution in [2.75, 3.05) is 5.32 Å². The number of amides is 1. The summed E-state index contributed by atoms with van der Waals surface area (Å²) < 4.78 is 1.72. The summed E-state index contributed by atoms with van der Waals surface area (Å²) in [5.41, 5.74) is 5.39. The first-order chi connectivity index (χ1) is 11.9. The van der Waals surface area contributed by atoms with Gasteiger partial charge in [0, 0.05) is 11.1 Å². The van der Waals surface area contributed by atoms with Crippen molar-refractivity contribution in [1.29, 1.82) is 0 Å². The maximum Gasteiger partial charge on any atom is 0.230 e. The number of aryl methyl sites for hydroxylation is 2. The molecule has 0 aliphatic rings. The van der Waals surface area contributed by atoms with Gasteiger partial charge in [0.1, 0.15) is 0 Å². The van der Waals surface area contributed by atoms with Gasteiger partial charge in [-0.2, -0.15) is 5.10 Å². The van der Waals surface area contributed by atoms with Crippen molar-refractivity contribution in [3.63, 3.8) is 0 Å². The van der Waals surface area contributed by atoms with E-state index in [4.69, 9.17) is 11.6 Å². The average molecular weight is 375 g/mol. The zero-order valence-electron chi connectivity index (χ0n) is 14.6. The first-order valence-electron chi connectivity index (χ1n) is 7.89. The number of halogens is 1. The van der Waals surface area contributed by atoms with Gasteiger partial charge in [0.05, 0.1) is 28.5 Å². The maximum atomic E-state index is 12.3. The van der Waals surface area contributed by atoms with Crippen LogP contribution in [-0.2, 0) is 11.2 Å². The number of carbonyl (C=O) groups is 1. The largest absolute Gasteiger partial charge is 0.325 e. The van der Waals surface area contributed by atoms with E-state index in [-0.39, 0.29) is 12.3 Å². The molecule has 2 heterocycles. The fourth-order valence-electron chi connectivity index (χ4n) is 2.53. The molecule has 0 saturated carbocycles. The number of hydrogen-bond acceptors (Lipinski definition) is 4. The molecule has 2 aromatic heterocycles. The second kappa shape index (κ2) is 6.98. The molecule has 1 aromatic carbocycles. The summed E-state index contributed by atoms with van der Waals surface area (Å²) in [5.74, 6) is -0.0862. The summed E-state index contributed by atoms with van der Waals surface area (Å²) in [6.07, 6.45) is 0.219. The Morgan fingerprint density at radius 3 is 2.72 bits per heavy atom. The van der Waals surface area contributed by atoms with Crippen LogP contribution in [-0.4, -0.2) is 20.7 Å². The van der Waals surface area contributed by atoms with Crippen LogP contribution in [0.3, 0.4) is 0 Å². The molecule has 130 valence electrons.